The summed E-state index contributed by atoms with van der Waals surface area (Å²) in [5, 5.41) is 21.9. The van der Waals surface area contributed by atoms with Gasteiger partial charge in [0.05, 0.1) is 11.0 Å². The lowest BCUT2D eigenvalue weighted by molar-refractivity contribution is -0.148. The number of phenolic OH excluding ortho intramolecular Hbond substituents is 1. The SMILES string of the molecule is Cc1cccc(C(=O)NCC2(C(=O)O)CCCC2)c1O. The van der Waals surface area contributed by atoms with Crippen molar-refractivity contribution < 1.29 is 19.8 Å². The molecule has 2 rings (SSSR count). The van der Waals surface area contributed by atoms with E-state index in [2.05, 4.69) is 5.32 Å². The highest BCUT2D eigenvalue weighted by atomic mass is 16.4. The second-order valence-electron chi connectivity index (χ2n) is 5.45. The molecule has 0 spiro atoms. The van der Waals surface area contributed by atoms with Gasteiger partial charge in [0.1, 0.15) is 5.75 Å². The Kier molecular flexibility index (Phi) is 3.97. The third-order valence-electron chi connectivity index (χ3n) is 4.08. The van der Waals surface area contributed by atoms with Crippen LogP contribution in [0.1, 0.15) is 41.6 Å². The number of carbonyl (C=O) groups excluding carboxylic acids is 1. The second-order valence-corrected chi connectivity index (χ2v) is 5.45. The summed E-state index contributed by atoms with van der Waals surface area (Å²) < 4.78 is 0. The molecule has 0 unspecified atom stereocenters. The molecule has 1 saturated carbocycles. The van der Waals surface area contributed by atoms with E-state index in [1.54, 1.807) is 19.1 Å². The average Bonchev–Trinajstić information content (AvgIpc) is 2.89. The molecule has 0 heterocycles. The molecular weight excluding hydrogens is 258 g/mol. The molecular formula is C15H19NO4. The van der Waals surface area contributed by atoms with Crippen LogP contribution in [0.2, 0.25) is 0 Å². The molecule has 20 heavy (non-hydrogen) atoms. The first kappa shape index (κ1) is 14.4. The predicted octanol–water partition coefficient (Wildman–Crippen LogP) is 2.08. The quantitative estimate of drug-likeness (QED) is 0.786. The third-order valence-corrected chi connectivity index (χ3v) is 4.08. The lowest BCUT2D eigenvalue weighted by Gasteiger charge is -2.24. The first-order valence-corrected chi connectivity index (χ1v) is 6.76. The van der Waals surface area contributed by atoms with Gasteiger partial charge in [0.15, 0.2) is 0 Å². The van der Waals surface area contributed by atoms with E-state index in [0.717, 1.165) is 12.8 Å². The van der Waals surface area contributed by atoms with Gasteiger partial charge in [-0.25, -0.2) is 0 Å². The molecule has 0 saturated heterocycles. The van der Waals surface area contributed by atoms with Crippen LogP contribution in [0.3, 0.4) is 0 Å². The fourth-order valence-electron chi connectivity index (χ4n) is 2.70. The van der Waals surface area contributed by atoms with Gasteiger partial charge < -0.3 is 15.5 Å². The molecule has 1 aromatic rings. The minimum absolute atomic E-state index is 0.0548. The molecule has 0 atom stereocenters. The van der Waals surface area contributed by atoms with Crippen LogP contribution in [-0.2, 0) is 4.79 Å². The van der Waals surface area contributed by atoms with Gasteiger partial charge >= 0.3 is 5.97 Å². The number of aromatic hydroxyl groups is 1. The lowest BCUT2D eigenvalue weighted by Crippen LogP contribution is -2.41. The Hall–Kier alpha value is -2.04. The van der Waals surface area contributed by atoms with E-state index < -0.39 is 17.3 Å². The average molecular weight is 277 g/mol. The number of amides is 1. The third kappa shape index (κ3) is 2.61. The van der Waals surface area contributed by atoms with Gasteiger partial charge in [-0.1, -0.05) is 25.0 Å². The number of benzene rings is 1. The second kappa shape index (κ2) is 5.53. The summed E-state index contributed by atoms with van der Waals surface area (Å²) in [5.74, 6) is -1.34. The lowest BCUT2D eigenvalue weighted by atomic mass is 9.86. The van der Waals surface area contributed by atoms with Crippen LogP contribution in [-0.4, -0.2) is 28.6 Å². The van der Waals surface area contributed by atoms with Gasteiger partial charge in [-0.15, -0.1) is 0 Å². The van der Waals surface area contributed by atoms with Crippen LogP contribution in [0.4, 0.5) is 0 Å². The highest BCUT2D eigenvalue weighted by molar-refractivity contribution is 5.97. The molecule has 0 aromatic heterocycles. The van der Waals surface area contributed by atoms with Gasteiger partial charge in [0.2, 0.25) is 0 Å². The first-order valence-electron chi connectivity index (χ1n) is 6.76. The summed E-state index contributed by atoms with van der Waals surface area (Å²) in [6.45, 7) is 1.82. The van der Waals surface area contributed by atoms with E-state index >= 15 is 0 Å². The molecule has 5 nitrogen and oxygen atoms in total. The normalized spacial score (nSPS) is 16.9. The monoisotopic (exact) mass is 277 g/mol. The maximum absolute atomic E-state index is 12.1. The summed E-state index contributed by atoms with van der Waals surface area (Å²) >= 11 is 0. The molecule has 5 heteroatoms. The van der Waals surface area contributed by atoms with Gasteiger partial charge in [-0.05, 0) is 31.4 Å². The largest absolute Gasteiger partial charge is 0.507 e. The van der Waals surface area contributed by atoms with Gasteiger partial charge in [0, 0.05) is 6.54 Å². The highest BCUT2D eigenvalue weighted by Gasteiger charge is 2.41. The minimum atomic E-state index is -0.858. The molecule has 3 N–H and O–H groups in total. The van der Waals surface area contributed by atoms with E-state index in [1.165, 1.54) is 6.07 Å². The van der Waals surface area contributed by atoms with Gasteiger partial charge in [0.25, 0.3) is 5.91 Å². The van der Waals surface area contributed by atoms with E-state index in [9.17, 15) is 19.8 Å². The molecule has 0 bridgehead atoms. The Labute approximate surface area is 117 Å². The summed E-state index contributed by atoms with van der Waals surface area (Å²) in [6.07, 6.45) is 2.92. The zero-order valence-electron chi connectivity index (χ0n) is 11.5. The first-order chi connectivity index (χ1) is 9.46. The van der Waals surface area contributed by atoms with E-state index in [0.29, 0.717) is 18.4 Å². The maximum Gasteiger partial charge on any atom is 0.311 e. The van der Waals surface area contributed by atoms with Crippen molar-refractivity contribution in [2.24, 2.45) is 5.41 Å². The standard InChI is InChI=1S/C15H19NO4/c1-10-5-4-6-11(12(10)17)13(18)16-9-15(14(19)20)7-2-3-8-15/h4-6,17H,2-3,7-9H2,1H3,(H,16,18)(H,19,20). The Bertz CT molecular complexity index is 533. The van der Waals surface area contributed by atoms with Crippen molar-refractivity contribution in [2.75, 3.05) is 6.54 Å². The van der Waals surface area contributed by atoms with Crippen molar-refractivity contribution in [2.45, 2.75) is 32.6 Å². The smallest absolute Gasteiger partial charge is 0.311 e. The predicted molar refractivity (Wildman–Crippen MR) is 73.7 cm³/mol. The van der Waals surface area contributed by atoms with Crippen molar-refractivity contribution in [1.29, 1.82) is 0 Å². The van der Waals surface area contributed by atoms with Crippen molar-refractivity contribution >= 4 is 11.9 Å². The number of carboxylic acids is 1. The van der Waals surface area contributed by atoms with Crippen molar-refractivity contribution in [3.05, 3.63) is 29.3 Å². The number of aliphatic carboxylic acids is 1. The Balaban J connectivity index is 2.08. The maximum atomic E-state index is 12.1. The summed E-state index contributed by atoms with van der Waals surface area (Å²) in [6, 6.07) is 4.92. The summed E-state index contributed by atoms with van der Waals surface area (Å²) in [5.41, 5.74) is -0.0512. The molecule has 1 aliphatic rings. The van der Waals surface area contributed by atoms with Crippen LogP contribution in [0.15, 0.2) is 18.2 Å². The zero-order chi connectivity index (χ0) is 14.8. The topological polar surface area (TPSA) is 86.6 Å². The fraction of sp³-hybridized carbons (Fsp3) is 0.467. The number of carboxylic acid groups (broad SMARTS) is 1. The van der Waals surface area contributed by atoms with Crippen LogP contribution < -0.4 is 5.32 Å². The number of hydrogen-bond donors (Lipinski definition) is 3. The number of aryl methyl sites for hydroxylation is 1. The summed E-state index contributed by atoms with van der Waals surface area (Å²) in [7, 11) is 0. The molecule has 108 valence electrons. The number of para-hydroxylation sites is 1. The molecule has 1 fully saturated rings. The van der Waals surface area contributed by atoms with Crippen molar-refractivity contribution in [1.82, 2.24) is 5.32 Å². The van der Waals surface area contributed by atoms with Gasteiger partial charge in [-0.2, -0.15) is 0 Å². The summed E-state index contributed by atoms with van der Waals surface area (Å²) in [4.78, 5) is 23.5. The van der Waals surface area contributed by atoms with Crippen LogP contribution in [0.25, 0.3) is 0 Å². The number of hydrogen-bond acceptors (Lipinski definition) is 3. The molecule has 0 radical (unpaired) electrons. The van der Waals surface area contributed by atoms with Crippen molar-refractivity contribution in [3.63, 3.8) is 0 Å². The number of phenols is 1. The van der Waals surface area contributed by atoms with E-state index in [1.807, 2.05) is 0 Å². The van der Waals surface area contributed by atoms with Crippen LogP contribution >= 0.6 is 0 Å². The highest BCUT2D eigenvalue weighted by Crippen LogP contribution is 2.37. The Morgan fingerprint density at radius 3 is 2.55 bits per heavy atom. The number of rotatable bonds is 4. The van der Waals surface area contributed by atoms with Crippen LogP contribution in [0, 0.1) is 12.3 Å². The Morgan fingerprint density at radius 1 is 1.30 bits per heavy atom. The molecule has 0 aliphatic heterocycles. The minimum Gasteiger partial charge on any atom is -0.507 e. The van der Waals surface area contributed by atoms with E-state index in [4.69, 9.17) is 0 Å². The zero-order valence-corrected chi connectivity index (χ0v) is 11.5. The number of nitrogens with one attached hydrogen (secondary N) is 1. The van der Waals surface area contributed by atoms with E-state index in [-0.39, 0.29) is 17.9 Å². The molecule has 1 amide bonds. The molecule has 1 aromatic carbocycles. The molecule has 1 aliphatic carbocycles. The fourth-order valence-corrected chi connectivity index (χ4v) is 2.70. The number of carbonyl (C=O) groups is 2. The van der Waals surface area contributed by atoms with Gasteiger partial charge in [-0.3, -0.25) is 9.59 Å². The van der Waals surface area contributed by atoms with Crippen LogP contribution in [0.5, 0.6) is 5.75 Å². The van der Waals surface area contributed by atoms with Crippen molar-refractivity contribution in [3.8, 4) is 5.75 Å². The Morgan fingerprint density at radius 2 is 1.95 bits per heavy atom.